The molecule has 2 aliphatic heterocycles. The Morgan fingerprint density at radius 1 is 1.29 bits per heavy atom. The number of amidine groups is 1. The highest BCUT2D eigenvalue weighted by atomic mass is 16.7. The van der Waals surface area contributed by atoms with Crippen LogP contribution in [0.15, 0.2) is 40.4 Å². The first-order valence-corrected chi connectivity index (χ1v) is 8.88. The Kier molecular flexibility index (Phi) is 6.28. The highest BCUT2D eigenvalue weighted by molar-refractivity contribution is 5.95. The molecule has 1 aromatic rings. The van der Waals surface area contributed by atoms with E-state index >= 15 is 0 Å². The molecule has 1 aromatic carbocycles. The summed E-state index contributed by atoms with van der Waals surface area (Å²) in [6.07, 6.45) is -4.78. The standard InChI is InChI=1S/C18H23N5O5/c1-10(23(2)3)20-17(25)16-14(24)13(21-22-19)15-12(27-16)9-26-18(28-15)11-7-5-4-6-8-11/h4-8,12-16,18,24H,9H2,1-3H3/b20-10+/t12-,13-,14-,15+,16-,18?/m1/s1. The number of aliphatic imine (C=N–C) groups is 1. The van der Waals surface area contributed by atoms with E-state index in [1.807, 2.05) is 30.3 Å². The Balaban J connectivity index is 1.82. The summed E-state index contributed by atoms with van der Waals surface area (Å²) in [5.41, 5.74) is 9.74. The van der Waals surface area contributed by atoms with Crippen molar-refractivity contribution in [3.8, 4) is 0 Å². The molecule has 0 saturated carbocycles. The smallest absolute Gasteiger partial charge is 0.279 e. The van der Waals surface area contributed by atoms with E-state index in [1.165, 1.54) is 0 Å². The number of azide groups is 1. The predicted octanol–water partition coefficient (Wildman–Crippen LogP) is 1.41. The number of nitrogens with zero attached hydrogens (tertiary/aromatic N) is 5. The van der Waals surface area contributed by atoms with Gasteiger partial charge in [0.15, 0.2) is 12.4 Å². The van der Waals surface area contributed by atoms with Crippen molar-refractivity contribution in [1.29, 1.82) is 0 Å². The van der Waals surface area contributed by atoms with Gasteiger partial charge in [-0.15, -0.1) is 0 Å². The van der Waals surface area contributed by atoms with Gasteiger partial charge in [-0.3, -0.25) is 4.79 Å². The number of ether oxygens (including phenoxy) is 3. The Hall–Kier alpha value is -2.49. The van der Waals surface area contributed by atoms with Crippen LogP contribution in [0.1, 0.15) is 18.8 Å². The molecule has 1 N–H and O–H groups in total. The summed E-state index contributed by atoms with van der Waals surface area (Å²) in [5, 5.41) is 14.3. The number of carbonyl (C=O) groups is 1. The first-order chi connectivity index (χ1) is 13.4. The minimum absolute atomic E-state index is 0.120. The van der Waals surface area contributed by atoms with Crippen LogP contribution in [0.5, 0.6) is 0 Å². The van der Waals surface area contributed by atoms with E-state index in [-0.39, 0.29) is 6.61 Å². The fourth-order valence-corrected chi connectivity index (χ4v) is 3.11. The summed E-state index contributed by atoms with van der Waals surface area (Å²) in [6, 6.07) is 8.26. The van der Waals surface area contributed by atoms with Gasteiger partial charge in [0.2, 0.25) is 0 Å². The lowest BCUT2D eigenvalue weighted by Gasteiger charge is -2.46. The van der Waals surface area contributed by atoms with Crippen LogP contribution in [0.4, 0.5) is 0 Å². The van der Waals surface area contributed by atoms with Crippen molar-refractivity contribution in [2.75, 3.05) is 20.7 Å². The molecule has 1 unspecified atom stereocenters. The molecule has 2 fully saturated rings. The number of amides is 1. The van der Waals surface area contributed by atoms with Crippen LogP contribution in [-0.4, -0.2) is 72.9 Å². The molecule has 0 bridgehead atoms. The number of rotatable bonds is 3. The normalized spacial score (nSPS) is 32.8. The van der Waals surface area contributed by atoms with Crippen molar-refractivity contribution in [1.82, 2.24) is 4.90 Å². The van der Waals surface area contributed by atoms with Crippen LogP contribution in [-0.2, 0) is 19.0 Å². The number of fused-ring (bicyclic) bond motifs is 1. The summed E-state index contributed by atoms with van der Waals surface area (Å²) >= 11 is 0. The lowest BCUT2D eigenvalue weighted by atomic mass is 9.92. The maximum Gasteiger partial charge on any atom is 0.279 e. The zero-order valence-electron chi connectivity index (χ0n) is 15.9. The van der Waals surface area contributed by atoms with Gasteiger partial charge >= 0.3 is 0 Å². The molecular formula is C18H23N5O5. The number of carbonyl (C=O) groups excluding carboxylic acids is 1. The van der Waals surface area contributed by atoms with E-state index in [2.05, 4.69) is 15.0 Å². The topological polar surface area (TPSA) is 129 Å². The zero-order chi connectivity index (χ0) is 20.3. The molecule has 10 heteroatoms. The molecular weight excluding hydrogens is 366 g/mol. The molecule has 28 heavy (non-hydrogen) atoms. The van der Waals surface area contributed by atoms with E-state index in [1.54, 1.807) is 25.9 Å². The van der Waals surface area contributed by atoms with Gasteiger partial charge in [0.25, 0.3) is 5.91 Å². The first-order valence-electron chi connectivity index (χ1n) is 8.88. The average molecular weight is 389 g/mol. The van der Waals surface area contributed by atoms with E-state index in [4.69, 9.17) is 19.7 Å². The Bertz CT molecular complexity index is 780. The van der Waals surface area contributed by atoms with Crippen LogP contribution < -0.4 is 0 Å². The quantitative estimate of drug-likeness (QED) is 0.274. The average Bonchev–Trinajstić information content (AvgIpc) is 2.70. The van der Waals surface area contributed by atoms with Gasteiger partial charge in [0.05, 0.1) is 12.6 Å². The maximum absolute atomic E-state index is 12.5. The van der Waals surface area contributed by atoms with Gasteiger partial charge in [-0.1, -0.05) is 35.4 Å². The zero-order valence-corrected chi connectivity index (χ0v) is 15.9. The van der Waals surface area contributed by atoms with Crippen molar-refractivity contribution >= 4 is 11.7 Å². The minimum Gasteiger partial charge on any atom is -0.389 e. The lowest BCUT2D eigenvalue weighted by Crippen LogP contribution is -2.62. The third-order valence-corrected chi connectivity index (χ3v) is 4.80. The van der Waals surface area contributed by atoms with Crippen molar-refractivity contribution < 1.29 is 24.1 Å². The number of hydrogen-bond donors (Lipinski definition) is 1. The second-order valence-corrected chi connectivity index (χ2v) is 6.85. The van der Waals surface area contributed by atoms with Gasteiger partial charge in [-0.25, -0.2) is 0 Å². The Morgan fingerprint density at radius 2 is 2.00 bits per heavy atom. The Labute approximate surface area is 162 Å². The number of aliphatic hydroxyl groups excluding tert-OH is 1. The number of hydrogen-bond acceptors (Lipinski definition) is 6. The molecule has 10 nitrogen and oxygen atoms in total. The van der Waals surface area contributed by atoms with Crippen LogP contribution in [0.3, 0.4) is 0 Å². The van der Waals surface area contributed by atoms with Crippen LogP contribution in [0.25, 0.3) is 10.4 Å². The highest BCUT2D eigenvalue weighted by Crippen LogP contribution is 2.35. The summed E-state index contributed by atoms with van der Waals surface area (Å²) < 4.78 is 17.4. The SMILES string of the molecule is C/C(=N\C(=O)[C@@H]1O[C@@H]2COC(c3ccccc3)O[C@@H]2[C@H](N=[N+]=[N-])[C@H]1O)N(C)C. The van der Waals surface area contributed by atoms with Crippen molar-refractivity contribution in [2.24, 2.45) is 10.1 Å². The largest absolute Gasteiger partial charge is 0.389 e. The lowest BCUT2D eigenvalue weighted by molar-refractivity contribution is -0.302. The molecule has 0 radical (unpaired) electrons. The van der Waals surface area contributed by atoms with E-state index in [0.717, 1.165) is 5.56 Å². The summed E-state index contributed by atoms with van der Waals surface area (Å²) in [6.45, 7) is 1.78. The number of benzene rings is 1. The molecule has 0 spiro atoms. The van der Waals surface area contributed by atoms with Crippen molar-refractivity contribution in [3.05, 3.63) is 46.3 Å². The van der Waals surface area contributed by atoms with Gasteiger partial charge in [-0.2, -0.15) is 4.99 Å². The van der Waals surface area contributed by atoms with Gasteiger partial charge in [0.1, 0.15) is 24.1 Å². The molecule has 2 heterocycles. The second kappa shape index (κ2) is 8.68. The highest BCUT2D eigenvalue weighted by Gasteiger charge is 2.51. The third kappa shape index (κ3) is 4.16. The predicted molar refractivity (Wildman–Crippen MR) is 99.4 cm³/mol. The molecule has 0 aliphatic carbocycles. The second-order valence-electron chi connectivity index (χ2n) is 6.85. The van der Waals surface area contributed by atoms with Gasteiger partial charge < -0.3 is 24.2 Å². The van der Waals surface area contributed by atoms with Gasteiger partial charge in [-0.05, 0) is 12.5 Å². The first kappa shape index (κ1) is 20.2. The molecule has 0 aromatic heterocycles. The molecule has 2 aliphatic rings. The van der Waals surface area contributed by atoms with Crippen molar-refractivity contribution in [3.63, 3.8) is 0 Å². The van der Waals surface area contributed by atoms with Crippen molar-refractivity contribution in [2.45, 2.75) is 43.7 Å². The summed E-state index contributed by atoms with van der Waals surface area (Å²) in [7, 11) is 3.49. The molecule has 150 valence electrons. The number of aliphatic hydroxyl groups is 1. The molecule has 2 saturated heterocycles. The van der Waals surface area contributed by atoms with Crippen LogP contribution in [0.2, 0.25) is 0 Å². The Morgan fingerprint density at radius 3 is 2.64 bits per heavy atom. The van der Waals surface area contributed by atoms with Crippen LogP contribution >= 0.6 is 0 Å². The van der Waals surface area contributed by atoms with E-state index < -0.39 is 42.7 Å². The summed E-state index contributed by atoms with van der Waals surface area (Å²) in [5.74, 6) is -0.191. The summed E-state index contributed by atoms with van der Waals surface area (Å²) in [4.78, 5) is 20.9. The molecule has 3 rings (SSSR count). The van der Waals surface area contributed by atoms with E-state index in [9.17, 15) is 9.90 Å². The third-order valence-electron chi connectivity index (χ3n) is 4.80. The van der Waals surface area contributed by atoms with Crippen LogP contribution in [0, 0.1) is 0 Å². The fraction of sp³-hybridized carbons (Fsp3) is 0.556. The monoisotopic (exact) mass is 389 g/mol. The fourth-order valence-electron chi connectivity index (χ4n) is 3.11. The molecule has 6 atom stereocenters. The maximum atomic E-state index is 12.5. The molecule has 1 amide bonds. The van der Waals surface area contributed by atoms with E-state index in [0.29, 0.717) is 5.84 Å². The van der Waals surface area contributed by atoms with Gasteiger partial charge in [0, 0.05) is 24.6 Å². The minimum atomic E-state index is -1.39.